The van der Waals surface area contributed by atoms with Crippen LogP contribution in [0.1, 0.15) is 19.8 Å². The average Bonchev–Trinajstić information content (AvgIpc) is 2.42. The minimum absolute atomic E-state index is 0.128. The molecular weight excluding hydrogens is 295 g/mol. The van der Waals surface area contributed by atoms with Gasteiger partial charge in [0, 0.05) is 29.9 Å². The van der Waals surface area contributed by atoms with Crippen molar-refractivity contribution >= 4 is 16.6 Å². The zero-order valence-corrected chi connectivity index (χ0v) is 12.2. The Bertz CT molecular complexity index is 629. The van der Waals surface area contributed by atoms with E-state index in [1.165, 1.54) is 18.2 Å². The largest absolute Gasteiger partial charge is 0.573 e. The number of hydrogen-bond acceptors (Lipinski definition) is 4. The van der Waals surface area contributed by atoms with Crippen molar-refractivity contribution in [1.82, 2.24) is 4.98 Å². The lowest BCUT2D eigenvalue weighted by molar-refractivity contribution is -0.274. The van der Waals surface area contributed by atoms with Crippen LogP contribution >= 0.6 is 0 Å². The van der Waals surface area contributed by atoms with Crippen LogP contribution in [0, 0.1) is 0 Å². The first-order chi connectivity index (χ1) is 10.3. The van der Waals surface area contributed by atoms with Crippen molar-refractivity contribution in [2.45, 2.75) is 32.2 Å². The van der Waals surface area contributed by atoms with Crippen molar-refractivity contribution in [3.8, 4) is 5.75 Å². The van der Waals surface area contributed by atoms with Gasteiger partial charge in [0.15, 0.2) is 0 Å². The molecule has 0 saturated carbocycles. The first kappa shape index (κ1) is 16.4. The molecule has 0 aliphatic rings. The Morgan fingerprint density at radius 2 is 2.09 bits per heavy atom. The number of nitrogens with one attached hydrogen (secondary N) is 1. The van der Waals surface area contributed by atoms with Crippen LogP contribution in [0.5, 0.6) is 5.75 Å². The molecule has 0 aliphatic carbocycles. The van der Waals surface area contributed by atoms with E-state index in [1.54, 1.807) is 12.3 Å². The summed E-state index contributed by atoms with van der Waals surface area (Å²) >= 11 is 0. The molecule has 0 aliphatic heterocycles. The summed E-state index contributed by atoms with van der Waals surface area (Å²) in [4.78, 5) is 4.14. The quantitative estimate of drug-likeness (QED) is 0.799. The summed E-state index contributed by atoms with van der Waals surface area (Å²) < 4.78 is 40.9. The third-order valence-corrected chi connectivity index (χ3v) is 3.10. The Morgan fingerprint density at radius 3 is 2.77 bits per heavy atom. The van der Waals surface area contributed by atoms with Gasteiger partial charge < -0.3 is 15.8 Å². The summed E-state index contributed by atoms with van der Waals surface area (Å²) in [5.41, 5.74) is 7.01. The van der Waals surface area contributed by atoms with Gasteiger partial charge in [-0.05, 0) is 44.0 Å². The highest BCUT2D eigenvalue weighted by atomic mass is 19.4. The highest BCUT2D eigenvalue weighted by Gasteiger charge is 2.31. The molecule has 1 unspecified atom stereocenters. The van der Waals surface area contributed by atoms with Crippen LogP contribution in [0.3, 0.4) is 0 Å². The first-order valence-electron chi connectivity index (χ1n) is 6.99. The minimum Gasteiger partial charge on any atom is -0.406 e. The maximum absolute atomic E-state index is 12.3. The van der Waals surface area contributed by atoms with Crippen LogP contribution < -0.4 is 15.8 Å². The van der Waals surface area contributed by atoms with Gasteiger partial charge >= 0.3 is 6.36 Å². The molecule has 0 bridgehead atoms. The summed E-state index contributed by atoms with van der Waals surface area (Å²) in [6, 6.07) is 5.95. The lowest BCUT2D eigenvalue weighted by Crippen LogP contribution is -2.17. The number of benzene rings is 1. The van der Waals surface area contributed by atoms with E-state index in [9.17, 15) is 13.2 Å². The average molecular weight is 313 g/mol. The SMILES string of the molecule is CC(N)CCCNc1ccnc2ccc(OC(F)(F)F)cc12. The van der Waals surface area contributed by atoms with Gasteiger partial charge in [0.2, 0.25) is 0 Å². The van der Waals surface area contributed by atoms with Gasteiger partial charge in [-0.25, -0.2) is 0 Å². The first-order valence-corrected chi connectivity index (χ1v) is 6.99. The fourth-order valence-electron chi connectivity index (χ4n) is 2.12. The number of alkyl halides is 3. The smallest absolute Gasteiger partial charge is 0.406 e. The molecule has 22 heavy (non-hydrogen) atoms. The summed E-state index contributed by atoms with van der Waals surface area (Å²) in [5.74, 6) is -0.258. The van der Waals surface area contributed by atoms with Crippen molar-refractivity contribution in [1.29, 1.82) is 0 Å². The van der Waals surface area contributed by atoms with Crippen molar-refractivity contribution in [2.24, 2.45) is 5.73 Å². The highest BCUT2D eigenvalue weighted by molar-refractivity contribution is 5.92. The predicted octanol–water partition coefficient (Wildman–Crippen LogP) is 3.67. The molecule has 0 radical (unpaired) electrons. The van der Waals surface area contributed by atoms with E-state index in [2.05, 4.69) is 15.0 Å². The number of rotatable bonds is 6. The van der Waals surface area contributed by atoms with Gasteiger partial charge in [0.05, 0.1) is 5.52 Å². The molecule has 3 N–H and O–H groups in total. The Kier molecular flexibility index (Phi) is 5.07. The lowest BCUT2D eigenvalue weighted by Gasteiger charge is -2.12. The van der Waals surface area contributed by atoms with Crippen LogP contribution in [0.2, 0.25) is 0 Å². The molecule has 7 heteroatoms. The van der Waals surface area contributed by atoms with Crippen molar-refractivity contribution < 1.29 is 17.9 Å². The van der Waals surface area contributed by atoms with Crippen LogP contribution in [-0.2, 0) is 0 Å². The van der Waals surface area contributed by atoms with Crippen LogP contribution in [-0.4, -0.2) is 23.9 Å². The normalized spacial score (nSPS) is 13.1. The molecule has 1 aromatic carbocycles. The number of hydrogen-bond donors (Lipinski definition) is 2. The number of pyridine rings is 1. The highest BCUT2D eigenvalue weighted by Crippen LogP contribution is 2.29. The number of nitrogens with two attached hydrogens (primary N) is 1. The second kappa shape index (κ2) is 6.83. The van der Waals surface area contributed by atoms with E-state index in [4.69, 9.17) is 5.73 Å². The molecule has 2 aromatic rings. The van der Waals surface area contributed by atoms with Gasteiger partial charge in [0.25, 0.3) is 0 Å². The van der Waals surface area contributed by atoms with Crippen molar-refractivity contribution in [3.63, 3.8) is 0 Å². The number of nitrogens with zero attached hydrogens (tertiary/aromatic N) is 1. The van der Waals surface area contributed by atoms with E-state index in [0.717, 1.165) is 18.5 Å². The second-order valence-corrected chi connectivity index (χ2v) is 5.13. The summed E-state index contributed by atoms with van der Waals surface area (Å²) in [5, 5.41) is 3.79. The molecule has 1 aromatic heterocycles. The molecule has 0 amide bonds. The Hall–Kier alpha value is -2.02. The molecule has 4 nitrogen and oxygen atoms in total. The molecule has 1 atom stereocenters. The molecule has 0 fully saturated rings. The molecular formula is C15H18F3N3O. The van der Waals surface area contributed by atoms with Crippen LogP contribution in [0.25, 0.3) is 10.9 Å². The fraction of sp³-hybridized carbons (Fsp3) is 0.400. The molecule has 2 rings (SSSR count). The van der Waals surface area contributed by atoms with Crippen LogP contribution in [0.4, 0.5) is 18.9 Å². The lowest BCUT2D eigenvalue weighted by atomic mass is 10.1. The van der Waals surface area contributed by atoms with Gasteiger partial charge in [-0.1, -0.05) is 0 Å². The molecule has 120 valence electrons. The summed E-state index contributed by atoms with van der Waals surface area (Å²) in [7, 11) is 0. The number of fused-ring (bicyclic) bond motifs is 1. The number of anilines is 1. The molecule has 0 saturated heterocycles. The van der Waals surface area contributed by atoms with E-state index in [-0.39, 0.29) is 11.8 Å². The van der Waals surface area contributed by atoms with Crippen LogP contribution in [0.15, 0.2) is 30.5 Å². The maximum Gasteiger partial charge on any atom is 0.573 e. The van der Waals surface area contributed by atoms with E-state index in [0.29, 0.717) is 17.4 Å². The van der Waals surface area contributed by atoms with Crippen molar-refractivity contribution in [2.75, 3.05) is 11.9 Å². The number of halogens is 3. The van der Waals surface area contributed by atoms with E-state index < -0.39 is 6.36 Å². The predicted molar refractivity (Wildman–Crippen MR) is 79.8 cm³/mol. The number of aromatic nitrogens is 1. The van der Waals surface area contributed by atoms with Gasteiger partial charge in [-0.3, -0.25) is 4.98 Å². The Labute approximate surface area is 126 Å². The standard InChI is InChI=1S/C15H18F3N3O/c1-10(19)3-2-7-20-14-6-8-21-13-5-4-11(9-12(13)14)22-15(16,17)18/h4-6,8-10H,2-3,7,19H2,1H3,(H,20,21). The minimum atomic E-state index is -4.71. The monoisotopic (exact) mass is 313 g/mol. The molecule has 1 heterocycles. The summed E-state index contributed by atoms with van der Waals surface area (Å²) in [6.07, 6.45) is -1.35. The Balaban J connectivity index is 2.17. The van der Waals surface area contributed by atoms with E-state index >= 15 is 0 Å². The van der Waals surface area contributed by atoms with Crippen molar-refractivity contribution in [3.05, 3.63) is 30.5 Å². The van der Waals surface area contributed by atoms with Gasteiger partial charge in [-0.15, -0.1) is 13.2 Å². The molecule has 0 spiro atoms. The third-order valence-electron chi connectivity index (χ3n) is 3.10. The topological polar surface area (TPSA) is 60.2 Å². The Morgan fingerprint density at radius 1 is 1.32 bits per heavy atom. The van der Waals surface area contributed by atoms with E-state index in [1.807, 2.05) is 6.92 Å². The zero-order valence-electron chi connectivity index (χ0n) is 12.2. The van der Waals surface area contributed by atoms with Gasteiger partial charge in [0.1, 0.15) is 5.75 Å². The van der Waals surface area contributed by atoms with Gasteiger partial charge in [-0.2, -0.15) is 0 Å². The fourth-order valence-corrected chi connectivity index (χ4v) is 2.12. The number of ether oxygens (including phenoxy) is 1. The third kappa shape index (κ3) is 4.77. The zero-order chi connectivity index (χ0) is 16.2. The maximum atomic E-state index is 12.3. The second-order valence-electron chi connectivity index (χ2n) is 5.13. The summed E-state index contributed by atoms with van der Waals surface area (Å²) in [6.45, 7) is 2.62.